The number of rotatable bonds is 3. The van der Waals surface area contributed by atoms with Crippen molar-refractivity contribution in [3.05, 3.63) is 59.2 Å². The molecule has 33 heavy (non-hydrogen) atoms. The lowest BCUT2D eigenvalue weighted by Crippen LogP contribution is -2.44. The normalized spacial score (nSPS) is 24.2. The molecule has 0 unspecified atom stereocenters. The van der Waals surface area contributed by atoms with E-state index in [1.807, 2.05) is 36.4 Å². The number of hydrogen-bond acceptors (Lipinski definition) is 5. The van der Waals surface area contributed by atoms with E-state index >= 15 is 0 Å². The summed E-state index contributed by atoms with van der Waals surface area (Å²) in [5, 5.41) is 13.5. The summed E-state index contributed by atoms with van der Waals surface area (Å²) in [6.07, 6.45) is 2.46. The molecule has 2 aromatic carbocycles. The van der Waals surface area contributed by atoms with Crippen LogP contribution in [0.15, 0.2) is 42.5 Å². The molecule has 0 aliphatic carbocycles. The average molecular weight is 447 g/mol. The van der Waals surface area contributed by atoms with Gasteiger partial charge < -0.3 is 24.8 Å². The van der Waals surface area contributed by atoms with E-state index in [2.05, 4.69) is 28.1 Å². The number of fused-ring (bicyclic) bond motifs is 3. The highest BCUT2D eigenvalue weighted by molar-refractivity contribution is 5.80. The minimum Gasteiger partial charge on any atom is -0.497 e. The van der Waals surface area contributed by atoms with E-state index in [1.54, 1.807) is 7.11 Å². The lowest BCUT2D eigenvalue weighted by molar-refractivity contribution is -0.140. The fraction of sp³-hybridized carbons (Fsp3) is 0.444. The van der Waals surface area contributed by atoms with Crippen molar-refractivity contribution in [2.24, 2.45) is 11.8 Å². The summed E-state index contributed by atoms with van der Waals surface area (Å²) < 4.78 is 10.7. The molecule has 2 fully saturated rings. The monoisotopic (exact) mass is 446 g/mol. The molecule has 2 saturated heterocycles. The zero-order chi connectivity index (χ0) is 22.8. The van der Waals surface area contributed by atoms with Gasteiger partial charge in [0.2, 0.25) is 5.91 Å². The van der Waals surface area contributed by atoms with Gasteiger partial charge in [-0.2, -0.15) is 0 Å². The van der Waals surface area contributed by atoms with E-state index in [9.17, 15) is 9.90 Å². The Morgan fingerprint density at radius 3 is 2.58 bits per heavy atom. The third kappa shape index (κ3) is 4.31. The van der Waals surface area contributed by atoms with Gasteiger partial charge in [0.25, 0.3) is 0 Å². The molecule has 6 nitrogen and oxygen atoms in total. The number of nitrogens with zero attached hydrogens (tertiary/aromatic N) is 1. The predicted octanol–water partition coefficient (Wildman–Crippen LogP) is 3.20. The molecule has 3 aliphatic heterocycles. The van der Waals surface area contributed by atoms with Crippen LogP contribution < -0.4 is 10.1 Å². The fourth-order valence-electron chi connectivity index (χ4n) is 5.39. The van der Waals surface area contributed by atoms with Gasteiger partial charge in [-0.25, -0.2) is 0 Å². The number of carbonyl (C=O) groups is 1. The molecule has 3 aliphatic rings. The average Bonchev–Trinajstić information content (AvgIpc) is 3.33. The highest BCUT2D eigenvalue weighted by Gasteiger charge is 2.46. The lowest BCUT2D eigenvalue weighted by atomic mass is 9.82. The second kappa shape index (κ2) is 9.46. The first kappa shape index (κ1) is 21.8. The zero-order valence-electron chi connectivity index (χ0n) is 18.9. The number of benzene rings is 2. The fourth-order valence-corrected chi connectivity index (χ4v) is 5.39. The van der Waals surface area contributed by atoms with Crippen molar-refractivity contribution in [2.45, 2.75) is 31.3 Å². The summed E-state index contributed by atoms with van der Waals surface area (Å²) in [5.41, 5.74) is 3.92. The molecule has 0 bridgehead atoms. The number of aliphatic hydroxyl groups is 1. The van der Waals surface area contributed by atoms with Gasteiger partial charge in [0.15, 0.2) is 0 Å². The van der Waals surface area contributed by atoms with Gasteiger partial charge in [0.1, 0.15) is 5.75 Å². The second-order valence-electron chi connectivity index (χ2n) is 9.03. The first-order valence-corrected chi connectivity index (χ1v) is 11.7. The van der Waals surface area contributed by atoms with E-state index in [-0.39, 0.29) is 36.4 Å². The van der Waals surface area contributed by atoms with E-state index in [0.29, 0.717) is 13.2 Å². The Morgan fingerprint density at radius 2 is 1.85 bits per heavy atom. The lowest BCUT2D eigenvalue weighted by Gasteiger charge is -2.40. The third-order valence-electron chi connectivity index (χ3n) is 7.16. The Bertz CT molecular complexity index is 1070. The number of likely N-dealkylation sites (tertiary alicyclic amines) is 1. The molecule has 6 heteroatoms. The smallest absolute Gasteiger partial charge is 0.226 e. The molecular weight excluding hydrogens is 416 g/mol. The molecule has 0 spiro atoms. The SMILES string of the molecule is COc1ccc(C#Cc2ccc3c(c2)[C@H]2[C@H](CCN2C(=O)C2CCOCC2)[C@H](CO)N3)cc1. The number of carbonyl (C=O) groups excluding carboxylic acids is 1. The van der Waals surface area contributed by atoms with Crippen molar-refractivity contribution in [1.82, 2.24) is 4.90 Å². The Labute approximate surface area is 194 Å². The highest BCUT2D eigenvalue weighted by atomic mass is 16.5. The first-order valence-electron chi connectivity index (χ1n) is 11.7. The van der Waals surface area contributed by atoms with Crippen LogP contribution in [0.4, 0.5) is 5.69 Å². The largest absolute Gasteiger partial charge is 0.497 e. The van der Waals surface area contributed by atoms with Gasteiger partial charge in [-0.1, -0.05) is 11.8 Å². The van der Waals surface area contributed by atoms with Gasteiger partial charge >= 0.3 is 0 Å². The van der Waals surface area contributed by atoms with Crippen molar-refractivity contribution in [1.29, 1.82) is 0 Å². The first-order chi connectivity index (χ1) is 16.2. The maximum Gasteiger partial charge on any atom is 0.226 e. The maximum atomic E-state index is 13.5. The van der Waals surface area contributed by atoms with Crippen LogP contribution in [-0.2, 0) is 9.53 Å². The van der Waals surface area contributed by atoms with Crippen molar-refractivity contribution < 1.29 is 19.4 Å². The summed E-state index contributed by atoms with van der Waals surface area (Å²) in [5.74, 6) is 7.75. The zero-order valence-corrected chi connectivity index (χ0v) is 18.9. The Balaban J connectivity index is 1.45. The van der Waals surface area contributed by atoms with E-state index in [0.717, 1.165) is 53.9 Å². The van der Waals surface area contributed by atoms with Crippen molar-refractivity contribution in [2.75, 3.05) is 38.8 Å². The number of methoxy groups -OCH3 is 1. The molecule has 2 aromatic rings. The van der Waals surface area contributed by atoms with Crippen molar-refractivity contribution >= 4 is 11.6 Å². The Kier molecular flexibility index (Phi) is 6.26. The van der Waals surface area contributed by atoms with Gasteiger partial charge in [-0.05, 0) is 67.3 Å². The van der Waals surface area contributed by atoms with E-state index in [1.165, 1.54) is 0 Å². The summed E-state index contributed by atoms with van der Waals surface area (Å²) in [6, 6.07) is 13.7. The molecule has 3 heterocycles. The van der Waals surface area contributed by atoms with Crippen molar-refractivity contribution in [3.8, 4) is 17.6 Å². The number of aliphatic hydroxyl groups excluding tert-OH is 1. The summed E-state index contributed by atoms with van der Waals surface area (Å²) in [6.45, 7) is 2.09. The molecule has 3 atom stereocenters. The molecule has 0 radical (unpaired) electrons. The maximum absolute atomic E-state index is 13.5. The van der Waals surface area contributed by atoms with Crippen LogP contribution in [0.25, 0.3) is 0 Å². The van der Waals surface area contributed by atoms with Crippen LogP contribution in [0.5, 0.6) is 5.75 Å². The van der Waals surface area contributed by atoms with Gasteiger partial charge in [-0.3, -0.25) is 4.79 Å². The molecule has 0 aromatic heterocycles. The third-order valence-corrected chi connectivity index (χ3v) is 7.16. The molecule has 1 amide bonds. The Morgan fingerprint density at radius 1 is 1.12 bits per heavy atom. The predicted molar refractivity (Wildman–Crippen MR) is 126 cm³/mol. The number of ether oxygens (including phenoxy) is 2. The van der Waals surface area contributed by atoms with Gasteiger partial charge in [0.05, 0.1) is 25.8 Å². The van der Waals surface area contributed by atoms with Gasteiger partial charge in [0, 0.05) is 48.4 Å². The second-order valence-corrected chi connectivity index (χ2v) is 9.03. The molecule has 0 saturated carbocycles. The van der Waals surface area contributed by atoms with E-state index < -0.39 is 0 Å². The Hall–Kier alpha value is -3.01. The number of amides is 1. The summed E-state index contributed by atoms with van der Waals surface area (Å²) >= 11 is 0. The van der Waals surface area contributed by atoms with Crippen LogP contribution in [0.2, 0.25) is 0 Å². The number of anilines is 1. The quantitative estimate of drug-likeness (QED) is 0.709. The van der Waals surface area contributed by atoms with Gasteiger partial charge in [-0.15, -0.1) is 0 Å². The standard InChI is InChI=1S/C27H30N2O4/c1-32-21-7-4-18(5-8-21)2-3-19-6-9-24-23(16-19)26-22(25(17-30)28-24)10-13-29(26)27(31)20-11-14-33-15-12-20/h4-9,16,20,22,25-26,28,30H,10-15,17H2,1H3/t22-,25+,26-/m1/s1. The minimum absolute atomic E-state index is 0.0291. The van der Waals surface area contributed by atoms with Crippen LogP contribution in [0.3, 0.4) is 0 Å². The molecule has 5 rings (SSSR count). The highest BCUT2D eigenvalue weighted by Crippen LogP contribution is 2.47. The topological polar surface area (TPSA) is 71.0 Å². The van der Waals surface area contributed by atoms with Crippen LogP contribution in [-0.4, -0.2) is 55.4 Å². The number of nitrogens with one attached hydrogen (secondary N) is 1. The van der Waals surface area contributed by atoms with E-state index in [4.69, 9.17) is 9.47 Å². The summed E-state index contributed by atoms with van der Waals surface area (Å²) in [4.78, 5) is 15.5. The van der Waals surface area contributed by atoms with Crippen molar-refractivity contribution in [3.63, 3.8) is 0 Å². The van der Waals surface area contributed by atoms with Crippen LogP contribution in [0.1, 0.15) is 42.0 Å². The molecule has 2 N–H and O–H groups in total. The summed E-state index contributed by atoms with van der Waals surface area (Å²) in [7, 11) is 1.65. The van der Waals surface area contributed by atoms with Crippen LogP contribution in [0, 0.1) is 23.7 Å². The van der Waals surface area contributed by atoms with Crippen LogP contribution >= 0.6 is 0 Å². The molecule has 172 valence electrons. The minimum atomic E-state index is -0.0498. The molecular formula is C27H30N2O4. The number of hydrogen-bond donors (Lipinski definition) is 2.